The van der Waals surface area contributed by atoms with Crippen LogP contribution in [-0.4, -0.2) is 30.7 Å². The van der Waals surface area contributed by atoms with Gasteiger partial charge in [-0.2, -0.15) is 0 Å². The molecule has 3 nitrogen and oxygen atoms in total. The molecule has 0 unspecified atom stereocenters. The lowest BCUT2D eigenvalue weighted by Gasteiger charge is -2.15. The molecule has 0 amide bonds. The van der Waals surface area contributed by atoms with E-state index in [9.17, 15) is 0 Å². The van der Waals surface area contributed by atoms with Gasteiger partial charge in [0.15, 0.2) is 0 Å². The minimum Gasteiger partial charge on any atom is -0.382 e. The molecule has 0 aliphatic rings. The third-order valence-electron chi connectivity index (χ3n) is 1.03. The lowest BCUT2D eigenvalue weighted by molar-refractivity contribution is -0.0489. The van der Waals surface area contributed by atoms with Gasteiger partial charge in [0.25, 0.3) is 0 Å². The molecule has 0 N–H and O–H groups in total. The predicted octanol–water partition coefficient (Wildman–Crippen LogP) is 2.55. The fourth-order valence-corrected chi connectivity index (χ4v) is 0.658. The molecule has 0 aromatic rings. The molecule has 13 heavy (non-hydrogen) atoms. The van der Waals surface area contributed by atoms with Crippen molar-refractivity contribution >= 4 is 34.8 Å². The van der Waals surface area contributed by atoms with E-state index in [0.29, 0.717) is 19.5 Å². The minimum atomic E-state index is -1.41. The number of halogens is 3. The van der Waals surface area contributed by atoms with Crippen LogP contribution in [0.5, 0.6) is 0 Å². The summed E-state index contributed by atoms with van der Waals surface area (Å²) in [5.41, 5.74) is 0. The first-order valence-electron chi connectivity index (χ1n) is 3.60. The SMILES string of the molecule is COCCO[C](C)OCC(Cl)(Cl)Cl. The van der Waals surface area contributed by atoms with Gasteiger partial charge in [-0.15, -0.1) is 0 Å². The summed E-state index contributed by atoms with van der Waals surface area (Å²) < 4.78 is 13.4. The van der Waals surface area contributed by atoms with Crippen molar-refractivity contribution in [3.8, 4) is 0 Å². The molecule has 0 bridgehead atoms. The van der Waals surface area contributed by atoms with Crippen LogP contribution in [0, 0.1) is 6.29 Å². The van der Waals surface area contributed by atoms with Gasteiger partial charge >= 0.3 is 0 Å². The summed E-state index contributed by atoms with van der Waals surface area (Å²) in [4.78, 5) is 0. The van der Waals surface area contributed by atoms with Crippen LogP contribution in [0.4, 0.5) is 0 Å². The van der Waals surface area contributed by atoms with Crippen molar-refractivity contribution in [2.45, 2.75) is 10.7 Å². The van der Waals surface area contributed by atoms with Gasteiger partial charge in [0, 0.05) is 7.11 Å². The van der Waals surface area contributed by atoms with E-state index in [2.05, 4.69) is 0 Å². The first-order valence-corrected chi connectivity index (χ1v) is 4.74. The smallest absolute Gasteiger partial charge is 0.220 e. The normalized spacial score (nSPS) is 12.5. The van der Waals surface area contributed by atoms with Gasteiger partial charge in [-0.3, -0.25) is 0 Å². The van der Waals surface area contributed by atoms with Crippen LogP contribution in [0.25, 0.3) is 0 Å². The zero-order valence-corrected chi connectivity index (χ0v) is 9.75. The minimum absolute atomic E-state index is 0.0313. The number of rotatable bonds is 6. The largest absolute Gasteiger partial charge is 0.382 e. The average molecular weight is 251 g/mol. The summed E-state index contributed by atoms with van der Waals surface area (Å²) in [7, 11) is 1.58. The fourth-order valence-electron chi connectivity index (χ4n) is 0.494. The van der Waals surface area contributed by atoms with Crippen LogP contribution in [0.3, 0.4) is 0 Å². The molecule has 0 aliphatic heterocycles. The number of hydrogen-bond donors (Lipinski definition) is 0. The van der Waals surface area contributed by atoms with E-state index in [1.165, 1.54) is 0 Å². The molecule has 0 atom stereocenters. The van der Waals surface area contributed by atoms with Crippen molar-refractivity contribution in [3.63, 3.8) is 0 Å². The highest BCUT2D eigenvalue weighted by Crippen LogP contribution is 2.27. The Morgan fingerprint density at radius 3 is 2.23 bits per heavy atom. The quantitative estimate of drug-likeness (QED) is 0.536. The summed E-state index contributed by atoms with van der Waals surface area (Å²) in [6.45, 7) is 2.53. The van der Waals surface area contributed by atoms with Crippen molar-refractivity contribution in [1.29, 1.82) is 0 Å². The molecular formula is C7H12Cl3O3. The summed E-state index contributed by atoms with van der Waals surface area (Å²) in [5.74, 6) is 0. The first kappa shape index (κ1) is 13.8. The average Bonchev–Trinajstić information content (AvgIpc) is 2.00. The van der Waals surface area contributed by atoms with E-state index >= 15 is 0 Å². The van der Waals surface area contributed by atoms with Gasteiger partial charge in [-0.25, -0.2) is 0 Å². The second kappa shape index (κ2) is 7.10. The molecule has 0 aromatic heterocycles. The lowest BCUT2D eigenvalue weighted by atomic mass is 10.7. The Hall–Kier alpha value is 0.750. The van der Waals surface area contributed by atoms with Gasteiger partial charge in [0.05, 0.1) is 19.8 Å². The number of ether oxygens (including phenoxy) is 3. The highest BCUT2D eigenvalue weighted by atomic mass is 35.6. The molecule has 1 radical (unpaired) electrons. The molecule has 0 saturated heterocycles. The van der Waals surface area contributed by atoms with Gasteiger partial charge < -0.3 is 14.2 Å². The van der Waals surface area contributed by atoms with E-state index < -0.39 is 3.79 Å². The monoisotopic (exact) mass is 249 g/mol. The van der Waals surface area contributed by atoms with Crippen LogP contribution in [0.1, 0.15) is 6.92 Å². The second-order valence-corrected chi connectivity index (χ2v) is 4.75. The van der Waals surface area contributed by atoms with Crippen molar-refractivity contribution in [3.05, 3.63) is 6.29 Å². The first-order chi connectivity index (χ1) is 5.95. The van der Waals surface area contributed by atoms with Crippen molar-refractivity contribution in [1.82, 2.24) is 0 Å². The fraction of sp³-hybridized carbons (Fsp3) is 0.857. The molecule has 0 aromatic carbocycles. The Balaban J connectivity index is 3.35. The maximum absolute atomic E-state index is 5.45. The Morgan fingerprint density at radius 1 is 1.15 bits per heavy atom. The zero-order chi connectivity index (χ0) is 10.3. The van der Waals surface area contributed by atoms with Gasteiger partial charge in [-0.1, -0.05) is 34.8 Å². The van der Waals surface area contributed by atoms with Crippen molar-refractivity contribution in [2.75, 3.05) is 26.9 Å². The molecule has 6 heteroatoms. The van der Waals surface area contributed by atoms with Crippen LogP contribution >= 0.6 is 34.8 Å². The highest BCUT2D eigenvalue weighted by molar-refractivity contribution is 6.67. The zero-order valence-electron chi connectivity index (χ0n) is 7.48. The number of methoxy groups -OCH3 is 1. The summed E-state index contributed by atoms with van der Waals surface area (Å²) in [6, 6.07) is 0. The van der Waals surface area contributed by atoms with E-state index in [1.807, 2.05) is 0 Å². The highest BCUT2D eigenvalue weighted by Gasteiger charge is 2.21. The van der Waals surface area contributed by atoms with Gasteiger partial charge in [0.1, 0.15) is 0 Å². The third-order valence-corrected chi connectivity index (χ3v) is 1.36. The Labute approximate surface area is 93.2 Å². The standard InChI is InChI=1S/C7H12Cl3O3/c1-6(12-4-3-11-2)13-5-7(8,9)10/h3-5H2,1-2H3. The number of alkyl halides is 3. The lowest BCUT2D eigenvalue weighted by Crippen LogP contribution is -2.17. The van der Waals surface area contributed by atoms with E-state index in [-0.39, 0.29) is 6.61 Å². The van der Waals surface area contributed by atoms with Crippen LogP contribution < -0.4 is 0 Å². The molecule has 0 saturated carbocycles. The molecule has 79 valence electrons. The van der Waals surface area contributed by atoms with Gasteiger partial charge in [-0.05, 0) is 6.92 Å². The van der Waals surface area contributed by atoms with E-state index in [1.54, 1.807) is 14.0 Å². The van der Waals surface area contributed by atoms with E-state index in [4.69, 9.17) is 49.0 Å². The molecule has 0 rings (SSSR count). The molecular weight excluding hydrogens is 238 g/mol. The second-order valence-electron chi connectivity index (χ2n) is 2.24. The summed E-state index contributed by atoms with van der Waals surface area (Å²) in [6.07, 6.45) is 0.364. The molecule has 0 spiro atoms. The van der Waals surface area contributed by atoms with Crippen molar-refractivity contribution < 1.29 is 14.2 Å². The van der Waals surface area contributed by atoms with Gasteiger partial charge in [0.2, 0.25) is 10.1 Å². The number of hydrogen-bond acceptors (Lipinski definition) is 3. The van der Waals surface area contributed by atoms with Crippen LogP contribution in [0.2, 0.25) is 0 Å². The molecule has 0 heterocycles. The van der Waals surface area contributed by atoms with Crippen LogP contribution in [0.15, 0.2) is 0 Å². The molecule has 0 aliphatic carbocycles. The summed E-state index contributed by atoms with van der Waals surface area (Å²) in [5, 5.41) is 0. The van der Waals surface area contributed by atoms with Crippen LogP contribution in [-0.2, 0) is 14.2 Å². The predicted molar refractivity (Wildman–Crippen MR) is 53.0 cm³/mol. The van der Waals surface area contributed by atoms with Crippen molar-refractivity contribution in [2.24, 2.45) is 0 Å². The molecule has 0 fully saturated rings. The van der Waals surface area contributed by atoms with E-state index in [0.717, 1.165) is 0 Å². The Bertz CT molecular complexity index is 127. The maximum Gasteiger partial charge on any atom is 0.220 e. The maximum atomic E-state index is 5.45. The third kappa shape index (κ3) is 10.7. The summed E-state index contributed by atoms with van der Waals surface area (Å²) >= 11 is 16.4. The Morgan fingerprint density at radius 2 is 1.77 bits per heavy atom. The topological polar surface area (TPSA) is 27.7 Å². The Kier molecular flexibility index (Phi) is 7.51.